The first-order valence-corrected chi connectivity index (χ1v) is 8.72. The van der Waals surface area contributed by atoms with E-state index < -0.39 is 19.1 Å². The summed E-state index contributed by atoms with van der Waals surface area (Å²) in [6.07, 6.45) is 4.73. The summed E-state index contributed by atoms with van der Waals surface area (Å²) in [7, 11) is 3.34. The van der Waals surface area contributed by atoms with Crippen molar-refractivity contribution in [1.82, 2.24) is 10.2 Å². The molecule has 0 aliphatic heterocycles. The molecule has 6 heteroatoms. The highest BCUT2D eigenvalue weighted by molar-refractivity contribution is 5.85. The molecule has 1 aromatic carbocycles. The highest BCUT2D eigenvalue weighted by Gasteiger charge is 2.22. The van der Waals surface area contributed by atoms with Gasteiger partial charge in [0.1, 0.15) is 12.7 Å². The number of hydrogen-bond acceptors (Lipinski definition) is 2. The predicted octanol–water partition coefficient (Wildman–Crippen LogP) is 4.37. The molecule has 1 amide bonds. The lowest BCUT2D eigenvalue weighted by Crippen LogP contribution is -2.45. The number of halogens is 3. The van der Waals surface area contributed by atoms with Gasteiger partial charge in [0.05, 0.1) is 0 Å². The van der Waals surface area contributed by atoms with Gasteiger partial charge in [0, 0.05) is 19.2 Å². The van der Waals surface area contributed by atoms with Gasteiger partial charge in [0.15, 0.2) is 0 Å². The van der Waals surface area contributed by atoms with Crippen LogP contribution in [0.5, 0.6) is 0 Å². The first-order chi connectivity index (χ1) is 12.9. The van der Waals surface area contributed by atoms with Crippen LogP contribution in [0, 0.1) is 0 Å². The van der Waals surface area contributed by atoms with Crippen molar-refractivity contribution in [3.8, 4) is 0 Å². The van der Waals surface area contributed by atoms with Crippen LogP contribution in [0.2, 0.25) is 0 Å². The molecule has 0 radical (unpaired) electrons. The van der Waals surface area contributed by atoms with Crippen LogP contribution in [0.3, 0.4) is 0 Å². The molecule has 0 saturated carbocycles. The van der Waals surface area contributed by atoms with Crippen molar-refractivity contribution in [2.24, 2.45) is 0 Å². The number of nitrogens with one attached hydrogen (secondary N) is 1. The fourth-order valence-corrected chi connectivity index (χ4v) is 2.78. The zero-order chi connectivity index (χ0) is 20.4. The predicted molar refractivity (Wildman–Crippen MR) is 103 cm³/mol. The molecular formula is C21H27F3N2O. The third-order valence-corrected chi connectivity index (χ3v) is 4.13. The summed E-state index contributed by atoms with van der Waals surface area (Å²) in [5.41, 5.74) is 1.36. The lowest BCUT2D eigenvalue weighted by Gasteiger charge is -2.24. The summed E-state index contributed by atoms with van der Waals surface area (Å²) in [6.45, 7) is 5.04. The van der Waals surface area contributed by atoms with Crippen molar-refractivity contribution in [3.05, 3.63) is 71.3 Å². The summed E-state index contributed by atoms with van der Waals surface area (Å²) >= 11 is 0. The maximum absolute atomic E-state index is 13.0. The van der Waals surface area contributed by atoms with Crippen LogP contribution in [0.4, 0.5) is 13.2 Å². The number of carbonyl (C=O) groups excluding carboxylic acids is 1. The largest absolute Gasteiger partial charge is 0.344 e. The van der Waals surface area contributed by atoms with E-state index in [9.17, 15) is 18.0 Å². The Morgan fingerprint density at radius 2 is 1.96 bits per heavy atom. The SMILES string of the molecule is C=C/C=C(\C=C/C)C(NC)C(=O)N(C)CCc1cc(CF)cc(C(F)F)c1. The van der Waals surface area contributed by atoms with Gasteiger partial charge in [-0.2, -0.15) is 0 Å². The number of benzene rings is 1. The molecule has 1 aromatic rings. The molecule has 148 valence electrons. The molecule has 27 heavy (non-hydrogen) atoms. The zero-order valence-corrected chi connectivity index (χ0v) is 16.0. The van der Waals surface area contributed by atoms with E-state index in [1.54, 1.807) is 32.3 Å². The normalized spacial score (nSPS) is 13.2. The summed E-state index contributed by atoms with van der Waals surface area (Å²) in [5, 5.41) is 2.99. The van der Waals surface area contributed by atoms with Gasteiger partial charge in [-0.15, -0.1) is 0 Å². The zero-order valence-electron chi connectivity index (χ0n) is 16.0. The van der Waals surface area contributed by atoms with Crippen LogP contribution in [0.1, 0.15) is 30.0 Å². The second kappa shape index (κ2) is 11.4. The molecule has 3 nitrogen and oxygen atoms in total. The summed E-state index contributed by atoms with van der Waals surface area (Å²) in [5.74, 6) is -0.153. The molecule has 1 atom stereocenters. The fraction of sp³-hybridized carbons (Fsp3) is 0.381. The molecule has 1 rings (SSSR count). The Bertz CT molecular complexity index is 699. The van der Waals surface area contributed by atoms with Crippen LogP contribution < -0.4 is 5.32 Å². The molecule has 0 aromatic heterocycles. The Kier molecular flexibility index (Phi) is 9.58. The van der Waals surface area contributed by atoms with E-state index in [1.807, 2.05) is 19.1 Å². The number of rotatable bonds is 10. The molecule has 0 saturated heterocycles. The van der Waals surface area contributed by atoms with Crippen molar-refractivity contribution in [1.29, 1.82) is 0 Å². The molecule has 0 spiro atoms. The monoisotopic (exact) mass is 380 g/mol. The average Bonchev–Trinajstić information content (AvgIpc) is 2.66. The minimum atomic E-state index is -2.66. The second-order valence-corrected chi connectivity index (χ2v) is 6.15. The van der Waals surface area contributed by atoms with E-state index in [0.717, 1.165) is 5.57 Å². The fourth-order valence-electron chi connectivity index (χ4n) is 2.78. The molecule has 0 aliphatic carbocycles. The Hall–Kier alpha value is -2.34. The van der Waals surface area contributed by atoms with Crippen LogP contribution >= 0.6 is 0 Å². The number of likely N-dealkylation sites (N-methyl/N-ethyl adjacent to an activating group) is 2. The van der Waals surface area contributed by atoms with E-state index in [1.165, 1.54) is 17.0 Å². The highest BCUT2D eigenvalue weighted by Crippen LogP contribution is 2.22. The van der Waals surface area contributed by atoms with Crippen molar-refractivity contribution < 1.29 is 18.0 Å². The van der Waals surface area contributed by atoms with Gasteiger partial charge in [0.25, 0.3) is 6.43 Å². The van der Waals surface area contributed by atoms with Gasteiger partial charge in [-0.3, -0.25) is 4.79 Å². The Labute approximate surface area is 159 Å². The third-order valence-electron chi connectivity index (χ3n) is 4.13. The topological polar surface area (TPSA) is 32.3 Å². The third kappa shape index (κ3) is 6.71. The van der Waals surface area contributed by atoms with Gasteiger partial charge < -0.3 is 10.2 Å². The quantitative estimate of drug-likeness (QED) is 0.612. The lowest BCUT2D eigenvalue weighted by molar-refractivity contribution is -0.130. The minimum absolute atomic E-state index is 0.153. The van der Waals surface area contributed by atoms with Crippen molar-refractivity contribution in [2.45, 2.75) is 32.5 Å². The van der Waals surface area contributed by atoms with E-state index in [4.69, 9.17) is 0 Å². The highest BCUT2D eigenvalue weighted by atomic mass is 19.3. The number of amides is 1. The van der Waals surface area contributed by atoms with Crippen molar-refractivity contribution in [3.63, 3.8) is 0 Å². The van der Waals surface area contributed by atoms with Gasteiger partial charge in [-0.25, -0.2) is 13.2 Å². The summed E-state index contributed by atoms with van der Waals surface area (Å²) in [6, 6.07) is 3.55. The van der Waals surface area contributed by atoms with E-state index in [-0.39, 0.29) is 17.0 Å². The second-order valence-electron chi connectivity index (χ2n) is 6.15. The smallest absolute Gasteiger partial charge is 0.263 e. The molecule has 0 fully saturated rings. The number of carbonyl (C=O) groups is 1. The number of hydrogen-bond donors (Lipinski definition) is 1. The van der Waals surface area contributed by atoms with E-state index >= 15 is 0 Å². The molecule has 1 unspecified atom stereocenters. The number of nitrogens with zero attached hydrogens (tertiary/aromatic N) is 1. The molecule has 0 aliphatic rings. The van der Waals surface area contributed by atoms with Crippen LogP contribution in [0.15, 0.2) is 54.7 Å². The first-order valence-electron chi connectivity index (χ1n) is 8.72. The molecule has 0 heterocycles. The van der Waals surface area contributed by atoms with Gasteiger partial charge in [0.2, 0.25) is 5.91 Å². The Morgan fingerprint density at radius 3 is 2.48 bits per heavy atom. The summed E-state index contributed by atoms with van der Waals surface area (Å²) in [4.78, 5) is 14.3. The van der Waals surface area contributed by atoms with Gasteiger partial charge in [-0.05, 0) is 43.2 Å². The summed E-state index contributed by atoms with van der Waals surface area (Å²) < 4.78 is 38.8. The first kappa shape index (κ1) is 22.7. The number of allylic oxidation sites excluding steroid dienone is 3. The van der Waals surface area contributed by atoms with Crippen LogP contribution in [0.25, 0.3) is 0 Å². The number of alkyl halides is 3. The maximum atomic E-state index is 13.0. The minimum Gasteiger partial charge on any atom is -0.344 e. The van der Waals surface area contributed by atoms with E-state index in [2.05, 4.69) is 11.9 Å². The molecule has 1 N–H and O–H groups in total. The standard InChI is InChI=1S/C21H27F3N2O/c1-5-7-17(8-6-2)19(25-3)21(27)26(4)10-9-15-11-16(14-22)13-18(12-15)20(23)24/h5-8,11-13,19-20,25H,1,9-10,14H2,2-4H3/b8-6-,17-7+. The lowest BCUT2D eigenvalue weighted by atomic mass is 10.0. The van der Waals surface area contributed by atoms with Crippen LogP contribution in [-0.4, -0.2) is 37.5 Å². The van der Waals surface area contributed by atoms with Gasteiger partial charge >= 0.3 is 0 Å². The van der Waals surface area contributed by atoms with E-state index in [0.29, 0.717) is 18.5 Å². The molecular weight excluding hydrogens is 353 g/mol. The van der Waals surface area contributed by atoms with Gasteiger partial charge in [-0.1, -0.05) is 43.0 Å². The average molecular weight is 380 g/mol. The molecule has 0 bridgehead atoms. The van der Waals surface area contributed by atoms with Crippen molar-refractivity contribution in [2.75, 3.05) is 20.6 Å². The maximum Gasteiger partial charge on any atom is 0.263 e. The Balaban J connectivity index is 2.90. The van der Waals surface area contributed by atoms with Crippen LogP contribution in [-0.2, 0) is 17.9 Å². The Morgan fingerprint density at radius 1 is 1.30 bits per heavy atom. The van der Waals surface area contributed by atoms with Crippen molar-refractivity contribution >= 4 is 5.91 Å².